The van der Waals surface area contributed by atoms with E-state index in [4.69, 9.17) is 9.15 Å². The van der Waals surface area contributed by atoms with E-state index >= 15 is 0 Å². The maximum atomic E-state index is 12.3. The Morgan fingerprint density at radius 3 is 2.39 bits per heavy atom. The second kappa shape index (κ2) is 5.72. The number of carbonyl (C=O) groups excluding carboxylic acids is 1. The van der Waals surface area contributed by atoms with Crippen molar-refractivity contribution in [3.63, 3.8) is 0 Å². The number of aryl methyl sites for hydroxylation is 3. The second-order valence-electron chi connectivity index (χ2n) is 5.57. The predicted octanol–water partition coefficient (Wildman–Crippen LogP) is 3.94. The molecule has 0 aliphatic rings. The standard InChI is InChI=1S/C19H16O4/c1-11-6-4-5-7-15(11)19(21)22-14-8-12(2)18-13(3)9-17(20)23-16(18)10-14/h4-10H,1-3H3. The quantitative estimate of drug-likeness (QED) is 0.409. The van der Waals surface area contributed by atoms with Gasteiger partial charge in [-0.25, -0.2) is 9.59 Å². The lowest BCUT2D eigenvalue weighted by Crippen LogP contribution is -2.10. The Morgan fingerprint density at radius 2 is 1.65 bits per heavy atom. The normalized spacial score (nSPS) is 10.7. The fraction of sp³-hybridized carbons (Fsp3) is 0.158. The fourth-order valence-corrected chi connectivity index (χ4v) is 2.72. The minimum absolute atomic E-state index is 0.358. The lowest BCUT2D eigenvalue weighted by Gasteiger charge is -2.10. The maximum Gasteiger partial charge on any atom is 0.343 e. The Bertz CT molecular complexity index is 967. The Kier molecular flexibility index (Phi) is 3.74. The number of benzene rings is 2. The van der Waals surface area contributed by atoms with Gasteiger partial charge in [0.25, 0.3) is 0 Å². The van der Waals surface area contributed by atoms with Gasteiger partial charge in [0.2, 0.25) is 0 Å². The number of carbonyl (C=O) groups is 1. The van der Waals surface area contributed by atoms with Gasteiger partial charge in [0.1, 0.15) is 11.3 Å². The van der Waals surface area contributed by atoms with E-state index in [2.05, 4.69) is 0 Å². The molecule has 0 atom stereocenters. The van der Waals surface area contributed by atoms with Gasteiger partial charge in [-0.2, -0.15) is 0 Å². The Hall–Kier alpha value is -2.88. The van der Waals surface area contributed by atoms with Crippen LogP contribution in [0.4, 0.5) is 0 Å². The summed E-state index contributed by atoms with van der Waals surface area (Å²) in [7, 11) is 0. The first-order valence-electron chi connectivity index (χ1n) is 7.28. The van der Waals surface area contributed by atoms with Gasteiger partial charge < -0.3 is 9.15 Å². The van der Waals surface area contributed by atoms with Gasteiger partial charge in [0.05, 0.1) is 5.56 Å². The van der Waals surface area contributed by atoms with E-state index in [1.54, 1.807) is 24.3 Å². The number of fused-ring (bicyclic) bond motifs is 1. The van der Waals surface area contributed by atoms with Crippen LogP contribution < -0.4 is 10.4 Å². The number of rotatable bonds is 2. The summed E-state index contributed by atoms with van der Waals surface area (Å²) >= 11 is 0. The van der Waals surface area contributed by atoms with Gasteiger partial charge in [0, 0.05) is 17.5 Å². The van der Waals surface area contributed by atoms with E-state index in [0.29, 0.717) is 16.9 Å². The summed E-state index contributed by atoms with van der Waals surface area (Å²) in [6.07, 6.45) is 0. The van der Waals surface area contributed by atoms with E-state index in [1.807, 2.05) is 32.9 Å². The van der Waals surface area contributed by atoms with Crippen molar-refractivity contribution in [2.75, 3.05) is 0 Å². The summed E-state index contributed by atoms with van der Waals surface area (Å²) in [5.74, 6) is -0.0751. The first-order chi connectivity index (χ1) is 11.0. The van der Waals surface area contributed by atoms with Crippen molar-refractivity contribution >= 4 is 16.9 Å². The van der Waals surface area contributed by atoms with Crippen molar-refractivity contribution < 1.29 is 13.9 Å². The minimum Gasteiger partial charge on any atom is -0.423 e. The number of ether oxygens (including phenoxy) is 1. The average molecular weight is 308 g/mol. The summed E-state index contributed by atoms with van der Waals surface area (Å²) in [6, 6.07) is 12.0. The summed E-state index contributed by atoms with van der Waals surface area (Å²) < 4.78 is 10.7. The second-order valence-corrected chi connectivity index (χ2v) is 5.57. The smallest absolute Gasteiger partial charge is 0.343 e. The Balaban J connectivity index is 2.03. The van der Waals surface area contributed by atoms with E-state index in [0.717, 1.165) is 22.1 Å². The summed E-state index contributed by atoms with van der Waals surface area (Å²) in [5.41, 5.74) is 3.08. The van der Waals surface area contributed by atoms with Crippen LogP contribution in [0.5, 0.6) is 5.75 Å². The predicted molar refractivity (Wildman–Crippen MR) is 88.1 cm³/mol. The van der Waals surface area contributed by atoms with E-state index in [1.165, 1.54) is 6.07 Å². The molecule has 0 amide bonds. The molecule has 0 saturated heterocycles. The Morgan fingerprint density at radius 1 is 0.957 bits per heavy atom. The van der Waals surface area contributed by atoms with Gasteiger partial charge in [-0.05, 0) is 49.6 Å². The molecule has 2 aromatic carbocycles. The number of hydrogen-bond donors (Lipinski definition) is 0. The fourth-order valence-electron chi connectivity index (χ4n) is 2.72. The molecule has 4 nitrogen and oxygen atoms in total. The highest BCUT2D eigenvalue weighted by atomic mass is 16.5. The lowest BCUT2D eigenvalue weighted by molar-refractivity contribution is 0.0734. The zero-order valence-corrected chi connectivity index (χ0v) is 13.2. The van der Waals surface area contributed by atoms with Gasteiger partial charge in [0.15, 0.2) is 0 Å². The molecule has 0 aliphatic carbocycles. The molecule has 1 heterocycles. The van der Waals surface area contributed by atoms with Crippen molar-refractivity contribution in [3.05, 3.63) is 75.1 Å². The highest BCUT2D eigenvalue weighted by Crippen LogP contribution is 2.27. The van der Waals surface area contributed by atoms with Crippen molar-refractivity contribution in [2.45, 2.75) is 20.8 Å². The zero-order valence-electron chi connectivity index (χ0n) is 13.2. The van der Waals surface area contributed by atoms with Crippen molar-refractivity contribution in [3.8, 4) is 5.75 Å². The molecule has 0 radical (unpaired) electrons. The van der Waals surface area contributed by atoms with Crippen LogP contribution >= 0.6 is 0 Å². The summed E-state index contributed by atoms with van der Waals surface area (Å²) in [5, 5.41) is 0.861. The molecular formula is C19H16O4. The molecule has 0 bridgehead atoms. The summed E-state index contributed by atoms with van der Waals surface area (Å²) in [4.78, 5) is 23.8. The monoisotopic (exact) mass is 308 g/mol. The van der Waals surface area contributed by atoms with Crippen molar-refractivity contribution in [2.24, 2.45) is 0 Å². The van der Waals surface area contributed by atoms with Crippen LogP contribution in [0.15, 0.2) is 51.7 Å². The van der Waals surface area contributed by atoms with Crippen molar-refractivity contribution in [1.29, 1.82) is 0 Å². The molecule has 3 rings (SSSR count). The highest BCUT2D eigenvalue weighted by molar-refractivity contribution is 5.93. The third-order valence-corrected chi connectivity index (χ3v) is 3.79. The molecule has 4 heteroatoms. The largest absolute Gasteiger partial charge is 0.423 e. The number of esters is 1. The molecule has 0 N–H and O–H groups in total. The topological polar surface area (TPSA) is 56.5 Å². The van der Waals surface area contributed by atoms with Gasteiger partial charge in [-0.3, -0.25) is 0 Å². The molecule has 0 fully saturated rings. The molecule has 3 aromatic rings. The average Bonchev–Trinajstić information content (AvgIpc) is 2.46. The van der Waals surface area contributed by atoms with Gasteiger partial charge in [-0.15, -0.1) is 0 Å². The SMILES string of the molecule is Cc1ccccc1C(=O)Oc1cc(C)c2c(C)cc(=O)oc2c1. The molecule has 23 heavy (non-hydrogen) atoms. The molecule has 0 aliphatic heterocycles. The van der Waals surface area contributed by atoms with Crippen molar-refractivity contribution in [1.82, 2.24) is 0 Å². The highest BCUT2D eigenvalue weighted by Gasteiger charge is 2.13. The lowest BCUT2D eigenvalue weighted by atomic mass is 10.1. The molecule has 0 spiro atoms. The van der Waals surface area contributed by atoms with Gasteiger partial charge >= 0.3 is 11.6 Å². The molecule has 116 valence electrons. The van der Waals surface area contributed by atoms with E-state index in [9.17, 15) is 9.59 Å². The first-order valence-corrected chi connectivity index (χ1v) is 7.28. The summed E-state index contributed by atoms with van der Waals surface area (Å²) in [6.45, 7) is 5.59. The Labute approximate surface area is 133 Å². The van der Waals surface area contributed by atoms with Crippen LogP contribution in [0.2, 0.25) is 0 Å². The van der Waals surface area contributed by atoms with E-state index in [-0.39, 0.29) is 0 Å². The first kappa shape index (κ1) is 15.0. The third-order valence-electron chi connectivity index (χ3n) is 3.79. The van der Waals surface area contributed by atoms with Crippen LogP contribution in [0, 0.1) is 20.8 Å². The van der Waals surface area contributed by atoms with E-state index < -0.39 is 11.6 Å². The maximum absolute atomic E-state index is 12.3. The van der Waals surface area contributed by atoms with Crippen LogP contribution in [0.3, 0.4) is 0 Å². The van der Waals surface area contributed by atoms with Crippen LogP contribution in [0.25, 0.3) is 11.0 Å². The molecule has 0 unspecified atom stereocenters. The molecule has 1 aromatic heterocycles. The zero-order chi connectivity index (χ0) is 16.6. The van der Waals surface area contributed by atoms with Crippen LogP contribution in [-0.2, 0) is 0 Å². The van der Waals surface area contributed by atoms with Crippen LogP contribution in [-0.4, -0.2) is 5.97 Å². The van der Waals surface area contributed by atoms with Gasteiger partial charge in [-0.1, -0.05) is 18.2 Å². The van der Waals surface area contributed by atoms with Crippen LogP contribution in [0.1, 0.15) is 27.0 Å². The molecular weight excluding hydrogens is 292 g/mol. The minimum atomic E-state index is -0.433. The third kappa shape index (κ3) is 2.88. The molecule has 0 saturated carbocycles. The number of hydrogen-bond acceptors (Lipinski definition) is 4.